The molecule has 1 saturated carbocycles. The Bertz CT molecular complexity index is 446. The van der Waals surface area contributed by atoms with Gasteiger partial charge in [0.15, 0.2) is 0 Å². The van der Waals surface area contributed by atoms with Crippen molar-refractivity contribution < 1.29 is 19.4 Å². The van der Waals surface area contributed by atoms with E-state index in [1.807, 2.05) is 20.8 Å². The van der Waals surface area contributed by atoms with Crippen molar-refractivity contribution in [2.24, 2.45) is 10.8 Å². The van der Waals surface area contributed by atoms with Gasteiger partial charge in [-0.2, -0.15) is 0 Å². The molecule has 1 unspecified atom stereocenters. The molecule has 0 spiro atoms. The number of hydrogen-bond donors (Lipinski definition) is 1. The van der Waals surface area contributed by atoms with Crippen molar-refractivity contribution in [3.05, 3.63) is 0 Å². The molecule has 1 N–H and O–H groups in total. The quantitative estimate of drug-likeness (QED) is 0.849. The van der Waals surface area contributed by atoms with Crippen molar-refractivity contribution in [2.75, 3.05) is 6.54 Å². The zero-order chi connectivity index (χ0) is 16.1. The van der Waals surface area contributed by atoms with Crippen LogP contribution in [0.5, 0.6) is 0 Å². The van der Waals surface area contributed by atoms with Crippen LogP contribution in [0.1, 0.15) is 60.3 Å². The van der Waals surface area contributed by atoms with Crippen molar-refractivity contribution in [3.8, 4) is 0 Å². The van der Waals surface area contributed by atoms with E-state index in [1.165, 1.54) is 0 Å². The molecule has 0 bridgehead atoms. The molecule has 5 heteroatoms. The highest BCUT2D eigenvalue weighted by Crippen LogP contribution is 2.54. The third-order valence-corrected chi connectivity index (χ3v) is 4.55. The van der Waals surface area contributed by atoms with E-state index < -0.39 is 17.0 Å². The van der Waals surface area contributed by atoms with Gasteiger partial charge in [0.05, 0.1) is 11.5 Å². The van der Waals surface area contributed by atoms with Crippen LogP contribution in [0.25, 0.3) is 0 Å². The molecule has 1 saturated heterocycles. The van der Waals surface area contributed by atoms with Gasteiger partial charge in [-0.3, -0.25) is 4.79 Å². The SMILES string of the molecule is CC1(C)CCC(C2(C(=O)O)CC2)N(C(=O)OC(C)(C)C)C1. The molecule has 0 aromatic rings. The molecule has 5 nitrogen and oxygen atoms in total. The van der Waals surface area contributed by atoms with Crippen LogP contribution in [0.2, 0.25) is 0 Å². The summed E-state index contributed by atoms with van der Waals surface area (Å²) < 4.78 is 5.50. The van der Waals surface area contributed by atoms with E-state index in [-0.39, 0.29) is 17.6 Å². The summed E-state index contributed by atoms with van der Waals surface area (Å²) in [6.07, 6.45) is 2.61. The fourth-order valence-corrected chi connectivity index (χ4v) is 3.24. The van der Waals surface area contributed by atoms with Crippen LogP contribution in [-0.2, 0) is 9.53 Å². The van der Waals surface area contributed by atoms with Gasteiger partial charge in [0.2, 0.25) is 0 Å². The first-order valence-corrected chi connectivity index (χ1v) is 7.70. The smallest absolute Gasteiger partial charge is 0.410 e. The average molecular weight is 297 g/mol. The third-order valence-electron chi connectivity index (χ3n) is 4.55. The predicted molar refractivity (Wildman–Crippen MR) is 79.0 cm³/mol. The maximum absolute atomic E-state index is 12.5. The summed E-state index contributed by atoms with van der Waals surface area (Å²) in [6.45, 7) is 10.3. The van der Waals surface area contributed by atoms with Crippen LogP contribution in [0.3, 0.4) is 0 Å². The summed E-state index contributed by atoms with van der Waals surface area (Å²) in [4.78, 5) is 25.8. The number of aliphatic carboxylic acids is 1. The van der Waals surface area contributed by atoms with E-state index >= 15 is 0 Å². The lowest BCUT2D eigenvalue weighted by atomic mass is 9.77. The van der Waals surface area contributed by atoms with E-state index in [0.29, 0.717) is 19.4 Å². The Morgan fingerprint density at radius 3 is 2.19 bits per heavy atom. The highest BCUT2D eigenvalue weighted by atomic mass is 16.6. The van der Waals surface area contributed by atoms with Crippen molar-refractivity contribution >= 4 is 12.1 Å². The summed E-state index contributed by atoms with van der Waals surface area (Å²) in [5.74, 6) is -0.777. The number of nitrogens with zero attached hydrogens (tertiary/aromatic N) is 1. The van der Waals surface area contributed by atoms with Crippen LogP contribution in [-0.4, -0.2) is 40.3 Å². The summed E-state index contributed by atoms with van der Waals surface area (Å²) in [6, 6.07) is -0.238. The van der Waals surface area contributed by atoms with E-state index in [9.17, 15) is 14.7 Å². The molecular formula is C16H27NO4. The summed E-state index contributed by atoms with van der Waals surface area (Å²) in [7, 11) is 0. The minimum absolute atomic E-state index is 0.00197. The first-order valence-electron chi connectivity index (χ1n) is 7.70. The lowest BCUT2D eigenvalue weighted by molar-refractivity contribution is -0.147. The minimum atomic E-state index is -0.777. The Labute approximate surface area is 126 Å². The van der Waals surface area contributed by atoms with Gasteiger partial charge < -0.3 is 14.7 Å². The van der Waals surface area contributed by atoms with Crippen molar-refractivity contribution in [3.63, 3.8) is 0 Å². The van der Waals surface area contributed by atoms with Gasteiger partial charge in [-0.1, -0.05) is 13.8 Å². The van der Waals surface area contributed by atoms with E-state index in [2.05, 4.69) is 13.8 Å². The molecule has 1 aliphatic carbocycles. The van der Waals surface area contributed by atoms with Crippen LogP contribution in [0, 0.1) is 10.8 Å². The average Bonchev–Trinajstić information content (AvgIpc) is 3.06. The summed E-state index contributed by atoms with van der Waals surface area (Å²) in [5.41, 5.74) is -1.31. The summed E-state index contributed by atoms with van der Waals surface area (Å²) >= 11 is 0. The second-order valence-electron chi connectivity index (χ2n) is 8.29. The monoisotopic (exact) mass is 297 g/mol. The molecule has 0 radical (unpaired) electrons. The van der Waals surface area contributed by atoms with Gasteiger partial charge in [-0.25, -0.2) is 4.79 Å². The Kier molecular flexibility index (Phi) is 3.75. The Morgan fingerprint density at radius 1 is 1.19 bits per heavy atom. The van der Waals surface area contributed by atoms with Crippen molar-refractivity contribution in [1.29, 1.82) is 0 Å². The molecule has 21 heavy (non-hydrogen) atoms. The van der Waals surface area contributed by atoms with Crippen LogP contribution >= 0.6 is 0 Å². The molecule has 1 amide bonds. The molecule has 0 aromatic carbocycles. The second-order valence-corrected chi connectivity index (χ2v) is 8.29. The number of carbonyl (C=O) groups excluding carboxylic acids is 1. The fourth-order valence-electron chi connectivity index (χ4n) is 3.24. The van der Waals surface area contributed by atoms with Gasteiger partial charge in [-0.05, 0) is 51.9 Å². The molecule has 2 fully saturated rings. The molecule has 1 atom stereocenters. The number of piperidine rings is 1. The predicted octanol–water partition coefficient (Wildman–Crippen LogP) is 3.28. The molecule has 120 valence electrons. The highest BCUT2D eigenvalue weighted by molar-refractivity contribution is 5.80. The van der Waals surface area contributed by atoms with E-state index in [0.717, 1.165) is 12.8 Å². The van der Waals surface area contributed by atoms with Gasteiger partial charge in [0, 0.05) is 6.54 Å². The maximum Gasteiger partial charge on any atom is 0.410 e. The Morgan fingerprint density at radius 2 is 1.76 bits per heavy atom. The third kappa shape index (κ3) is 3.33. The van der Waals surface area contributed by atoms with E-state index in [1.54, 1.807) is 4.90 Å². The number of likely N-dealkylation sites (tertiary alicyclic amines) is 1. The lowest BCUT2D eigenvalue weighted by Gasteiger charge is -2.46. The molecule has 2 aliphatic rings. The van der Waals surface area contributed by atoms with Crippen LogP contribution < -0.4 is 0 Å². The van der Waals surface area contributed by atoms with Gasteiger partial charge >= 0.3 is 12.1 Å². The largest absolute Gasteiger partial charge is 0.481 e. The number of rotatable bonds is 2. The topological polar surface area (TPSA) is 66.8 Å². The lowest BCUT2D eigenvalue weighted by Crippen LogP contribution is -2.56. The van der Waals surface area contributed by atoms with Crippen molar-refractivity contribution in [1.82, 2.24) is 4.90 Å². The standard InChI is InChI=1S/C16H27NO4/c1-14(2,3)21-13(20)17-10-15(4,5)7-6-11(17)16(8-9-16)12(18)19/h11H,6-10H2,1-5H3,(H,18,19). The molecule has 1 heterocycles. The number of carboxylic acid groups (broad SMARTS) is 1. The number of carboxylic acids is 1. The maximum atomic E-state index is 12.5. The number of ether oxygens (including phenoxy) is 1. The minimum Gasteiger partial charge on any atom is -0.481 e. The van der Waals surface area contributed by atoms with Crippen LogP contribution in [0.4, 0.5) is 4.79 Å². The van der Waals surface area contributed by atoms with Crippen LogP contribution in [0.15, 0.2) is 0 Å². The normalized spacial score (nSPS) is 27.1. The fraction of sp³-hybridized carbons (Fsp3) is 0.875. The van der Waals surface area contributed by atoms with Gasteiger partial charge in [0.1, 0.15) is 5.60 Å². The molecule has 1 aliphatic heterocycles. The molecule has 0 aromatic heterocycles. The number of carbonyl (C=O) groups is 2. The second kappa shape index (κ2) is 4.89. The Hall–Kier alpha value is -1.26. The van der Waals surface area contributed by atoms with Crippen molar-refractivity contribution in [2.45, 2.75) is 71.9 Å². The number of amides is 1. The zero-order valence-electron chi connectivity index (χ0n) is 13.7. The number of hydrogen-bond acceptors (Lipinski definition) is 3. The molecular weight excluding hydrogens is 270 g/mol. The first-order chi connectivity index (χ1) is 9.47. The zero-order valence-corrected chi connectivity index (χ0v) is 13.7. The van der Waals surface area contributed by atoms with Gasteiger partial charge in [0.25, 0.3) is 0 Å². The summed E-state index contributed by atoms with van der Waals surface area (Å²) in [5, 5.41) is 9.54. The van der Waals surface area contributed by atoms with E-state index in [4.69, 9.17) is 4.74 Å². The Balaban J connectivity index is 2.23. The first kappa shape index (κ1) is 16.1. The molecule has 2 rings (SSSR count). The highest BCUT2D eigenvalue weighted by Gasteiger charge is 2.60. The van der Waals surface area contributed by atoms with Gasteiger partial charge in [-0.15, -0.1) is 0 Å².